The minimum atomic E-state index is -0.549. The molecular weight excluding hydrogens is 431 g/mol. The van der Waals surface area contributed by atoms with Crippen LogP contribution in [0.25, 0.3) is 5.69 Å². The van der Waals surface area contributed by atoms with Gasteiger partial charge in [0.25, 0.3) is 0 Å². The van der Waals surface area contributed by atoms with Crippen molar-refractivity contribution in [3.05, 3.63) is 71.6 Å². The third-order valence-corrected chi connectivity index (χ3v) is 4.71. The molecule has 0 unspecified atom stereocenters. The first-order valence-corrected chi connectivity index (χ1v) is 10.3. The summed E-state index contributed by atoms with van der Waals surface area (Å²) in [4.78, 5) is 20.1. The van der Waals surface area contributed by atoms with Gasteiger partial charge in [0.2, 0.25) is 11.0 Å². The van der Waals surface area contributed by atoms with E-state index in [1.165, 1.54) is 25.1 Å². The number of hydrogen-bond acceptors (Lipinski definition) is 5. The Bertz CT molecular complexity index is 1190. The highest BCUT2D eigenvalue weighted by Gasteiger charge is 2.14. The predicted molar refractivity (Wildman–Crippen MR) is 126 cm³/mol. The highest BCUT2D eigenvalue weighted by atomic mass is 32.1. The summed E-state index contributed by atoms with van der Waals surface area (Å²) in [6.45, 7) is 5.48. The quantitative estimate of drug-likeness (QED) is 0.252. The molecule has 1 N–H and O–H groups in total. The molecule has 32 heavy (non-hydrogen) atoms. The molecule has 7 nitrogen and oxygen atoms in total. The highest BCUT2D eigenvalue weighted by Crippen LogP contribution is 2.25. The van der Waals surface area contributed by atoms with Gasteiger partial charge in [-0.05, 0) is 69.4 Å². The molecule has 0 radical (unpaired) electrons. The number of thiocarbonyl (C=S) groups is 1. The normalized spacial score (nSPS) is 11.2. The van der Waals surface area contributed by atoms with E-state index in [4.69, 9.17) is 21.7 Å². The Labute approximate surface area is 190 Å². The first kappa shape index (κ1) is 23.1. The third kappa shape index (κ3) is 5.36. The smallest absolute Gasteiger partial charge is 0.223 e. The number of anilines is 1. The molecule has 3 rings (SSSR count). The molecule has 0 bridgehead atoms. The summed E-state index contributed by atoms with van der Waals surface area (Å²) in [5, 5.41) is 2.71. The van der Waals surface area contributed by atoms with E-state index >= 15 is 0 Å². The van der Waals surface area contributed by atoms with Gasteiger partial charge in [0.1, 0.15) is 11.6 Å². The predicted octanol–water partition coefficient (Wildman–Crippen LogP) is 4.71. The number of hydrogen-bond donors (Lipinski definition) is 1. The molecule has 1 aromatic heterocycles. The molecule has 1 heterocycles. The number of carbonyl (C=O) groups excluding carboxylic acids is 1. The van der Waals surface area contributed by atoms with Gasteiger partial charge in [0, 0.05) is 17.3 Å². The molecule has 3 aromatic rings. The van der Waals surface area contributed by atoms with Crippen LogP contribution in [0.5, 0.6) is 5.75 Å². The topological polar surface area (TPSA) is 77.7 Å². The number of nitrogens with zero attached hydrogens (tertiary/aromatic N) is 3. The maximum atomic E-state index is 14.2. The molecule has 166 valence electrons. The second-order valence-electron chi connectivity index (χ2n) is 6.84. The zero-order valence-corrected chi connectivity index (χ0v) is 19.0. The number of benzene rings is 2. The van der Waals surface area contributed by atoms with Crippen molar-refractivity contribution in [2.45, 2.75) is 20.8 Å². The first-order chi connectivity index (χ1) is 15.3. The van der Waals surface area contributed by atoms with Crippen LogP contribution in [0.1, 0.15) is 35.5 Å². The number of nitrogens with one attached hydrogen (secondary N) is 1. The van der Waals surface area contributed by atoms with Gasteiger partial charge in [0.05, 0.1) is 37.1 Å². The molecule has 0 atom stereocenters. The van der Waals surface area contributed by atoms with Crippen molar-refractivity contribution >= 4 is 34.7 Å². The third-order valence-electron chi connectivity index (χ3n) is 4.52. The lowest BCUT2D eigenvalue weighted by Crippen LogP contribution is -2.15. The summed E-state index contributed by atoms with van der Waals surface area (Å²) in [5.41, 5.74) is 2.74. The Morgan fingerprint density at radius 1 is 1.25 bits per heavy atom. The van der Waals surface area contributed by atoms with Crippen LogP contribution in [-0.2, 0) is 4.74 Å². The van der Waals surface area contributed by atoms with Crippen LogP contribution < -0.4 is 10.1 Å². The Morgan fingerprint density at radius 2 is 2.00 bits per heavy atom. The molecule has 0 spiro atoms. The molecule has 0 aliphatic carbocycles. The minimum Gasteiger partial charge on any atom is -0.495 e. The number of Topliss-reactive ketones (excluding diaryl/α,β-unsaturated/α-hetero) is 1. The molecule has 0 fully saturated rings. The Balaban J connectivity index is 1.91. The number of aliphatic imine (C=N–C) groups is 1. The van der Waals surface area contributed by atoms with Gasteiger partial charge in [-0.2, -0.15) is 4.99 Å². The number of halogens is 1. The van der Waals surface area contributed by atoms with Crippen LogP contribution in [-0.4, -0.2) is 40.1 Å². The summed E-state index contributed by atoms with van der Waals surface area (Å²) < 4.78 is 27.2. The number of ketones is 1. The van der Waals surface area contributed by atoms with Crippen molar-refractivity contribution in [1.82, 2.24) is 9.55 Å². The van der Waals surface area contributed by atoms with Gasteiger partial charge in [0.15, 0.2) is 5.78 Å². The number of imidazole rings is 1. The summed E-state index contributed by atoms with van der Waals surface area (Å²) in [5.74, 6) is 0.107. The minimum absolute atomic E-state index is 0.0127. The molecule has 2 aromatic carbocycles. The SMILES string of the molecule is CCOC(=NC(=S)Nc1cc(C(C)=O)ccc1F)c1ccc(-n2cnc(C)c2)c(OC)c1. The summed E-state index contributed by atoms with van der Waals surface area (Å²) >= 11 is 5.29. The first-order valence-electron chi connectivity index (χ1n) is 9.84. The number of carbonyl (C=O) groups is 1. The van der Waals surface area contributed by atoms with E-state index in [0.717, 1.165) is 11.4 Å². The number of rotatable bonds is 6. The molecule has 0 aliphatic rings. The largest absolute Gasteiger partial charge is 0.495 e. The maximum Gasteiger partial charge on any atom is 0.223 e. The average molecular weight is 455 g/mol. The highest BCUT2D eigenvalue weighted by molar-refractivity contribution is 7.80. The number of aryl methyl sites for hydroxylation is 1. The van der Waals surface area contributed by atoms with Gasteiger partial charge in [-0.3, -0.25) is 4.79 Å². The van der Waals surface area contributed by atoms with Gasteiger partial charge < -0.3 is 19.4 Å². The maximum absolute atomic E-state index is 14.2. The molecule has 0 amide bonds. The summed E-state index contributed by atoms with van der Waals surface area (Å²) in [6.07, 6.45) is 3.59. The van der Waals surface area contributed by atoms with Crippen LogP contribution in [0.2, 0.25) is 0 Å². The summed E-state index contributed by atoms with van der Waals surface area (Å²) in [6, 6.07) is 9.47. The van der Waals surface area contributed by atoms with E-state index in [0.29, 0.717) is 23.5 Å². The van der Waals surface area contributed by atoms with E-state index in [-0.39, 0.29) is 22.5 Å². The number of ether oxygens (including phenoxy) is 2. The van der Waals surface area contributed by atoms with E-state index in [2.05, 4.69) is 15.3 Å². The lowest BCUT2D eigenvalue weighted by atomic mass is 10.1. The second kappa shape index (κ2) is 10.1. The zero-order chi connectivity index (χ0) is 23.3. The van der Waals surface area contributed by atoms with Gasteiger partial charge in [-0.25, -0.2) is 9.37 Å². The molecule has 9 heteroatoms. The van der Waals surface area contributed by atoms with Crippen molar-refractivity contribution in [2.75, 3.05) is 19.0 Å². The Morgan fingerprint density at radius 3 is 2.62 bits per heavy atom. The molecular formula is C23H23FN4O3S. The van der Waals surface area contributed by atoms with Crippen LogP contribution in [0.4, 0.5) is 10.1 Å². The number of methoxy groups -OCH3 is 1. The van der Waals surface area contributed by atoms with Gasteiger partial charge in [-0.15, -0.1) is 0 Å². The van der Waals surface area contributed by atoms with Crippen LogP contribution in [0.3, 0.4) is 0 Å². The fourth-order valence-corrected chi connectivity index (χ4v) is 3.16. The summed E-state index contributed by atoms with van der Waals surface area (Å²) in [7, 11) is 1.57. The van der Waals surface area contributed by atoms with Crippen LogP contribution >= 0.6 is 12.2 Å². The zero-order valence-electron chi connectivity index (χ0n) is 18.2. The van der Waals surface area contributed by atoms with Crippen molar-refractivity contribution in [3.8, 4) is 11.4 Å². The van der Waals surface area contributed by atoms with Gasteiger partial charge >= 0.3 is 0 Å². The van der Waals surface area contributed by atoms with Gasteiger partial charge in [-0.1, -0.05) is 0 Å². The fourth-order valence-electron chi connectivity index (χ4n) is 2.97. The average Bonchev–Trinajstić information content (AvgIpc) is 3.20. The lowest BCUT2D eigenvalue weighted by Gasteiger charge is -2.14. The van der Waals surface area contributed by atoms with Crippen molar-refractivity contribution < 1.29 is 18.7 Å². The Kier molecular flexibility index (Phi) is 7.32. The van der Waals surface area contributed by atoms with E-state index in [1.54, 1.807) is 19.5 Å². The monoisotopic (exact) mass is 454 g/mol. The lowest BCUT2D eigenvalue weighted by molar-refractivity contribution is 0.101. The standard InChI is InChI=1S/C23H23FN4O3S/c1-5-31-22(27-23(32)26-19-10-16(15(3)29)6-8-18(19)24)17-7-9-20(21(11-17)30-4)28-12-14(2)25-13-28/h6-13H,5H2,1-4H3,(H,26,32). The molecule has 0 saturated carbocycles. The van der Waals surface area contributed by atoms with Crippen LogP contribution in [0.15, 0.2) is 53.9 Å². The van der Waals surface area contributed by atoms with E-state index < -0.39 is 5.82 Å². The molecule has 0 saturated heterocycles. The van der Waals surface area contributed by atoms with Crippen molar-refractivity contribution in [2.24, 2.45) is 4.99 Å². The second-order valence-corrected chi connectivity index (χ2v) is 7.23. The molecule has 0 aliphatic heterocycles. The van der Waals surface area contributed by atoms with Crippen molar-refractivity contribution in [3.63, 3.8) is 0 Å². The van der Waals surface area contributed by atoms with Crippen molar-refractivity contribution in [1.29, 1.82) is 0 Å². The van der Waals surface area contributed by atoms with E-state index in [9.17, 15) is 9.18 Å². The Hall–Kier alpha value is -3.59. The number of aromatic nitrogens is 2. The van der Waals surface area contributed by atoms with Crippen LogP contribution in [0, 0.1) is 12.7 Å². The van der Waals surface area contributed by atoms with E-state index in [1.807, 2.05) is 36.7 Å². The fraction of sp³-hybridized carbons (Fsp3) is 0.217.